The van der Waals surface area contributed by atoms with Crippen molar-refractivity contribution in [1.29, 1.82) is 0 Å². The minimum atomic E-state index is -4.46. The number of rotatable bonds is 10. The van der Waals surface area contributed by atoms with Crippen LogP contribution >= 0.6 is 0 Å². The lowest BCUT2D eigenvalue weighted by atomic mass is 9.98. The largest absolute Gasteiger partial charge is 0.416 e. The number of benzene rings is 4. The number of anilines is 3. The number of aromatic nitrogens is 1. The molecule has 0 atom stereocenters. The van der Waals surface area contributed by atoms with Gasteiger partial charge in [-0.25, -0.2) is 0 Å². The number of amides is 2. The van der Waals surface area contributed by atoms with Crippen LogP contribution < -0.4 is 16.0 Å². The molecule has 1 aromatic heterocycles. The van der Waals surface area contributed by atoms with E-state index < -0.39 is 17.6 Å². The quantitative estimate of drug-likeness (QED) is 0.156. The summed E-state index contributed by atoms with van der Waals surface area (Å²) in [7, 11) is 0. The molecule has 0 saturated heterocycles. The van der Waals surface area contributed by atoms with E-state index in [1.165, 1.54) is 22.6 Å². The molecule has 45 heavy (non-hydrogen) atoms. The maximum absolute atomic E-state index is 13.6. The number of hydrogen-bond donors (Lipinski definition) is 2. The van der Waals surface area contributed by atoms with Crippen LogP contribution in [0, 0.1) is 13.8 Å². The molecule has 0 aliphatic heterocycles. The highest BCUT2D eigenvalue weighted by atomic mass is 19.4. The summed E-state index contributed by atoms with van der Waals surface area (Å²) in [4.78, 5) is 27.7. The van der Waals surface area contributed by atoms with Crippen LogP contribution in [0.4, 0.5) is 30.4 Å². The maximum Gasteiger partial charge on any atom is 0.416 e. The van der Waals surface area contributed by atoms with Gasteiger partial charge < -0.3 is 15.6 Å². The average Bonchev–Trinajstić information content (AvgIpc) is 3.34. The van der Waals surface area contributed by atoms with Crippen molar-refractivity contribution >= 4 is 29.5 Å². The van der Waals surface area contributed by atoms with E-state index in [0.29, 0.717) is 59.0 Å². The van der Waals surface area contributed by atoms with Gasteiger partial charge in [0.15, 0.2) is 0 Å². The van der Waals surface area contributed by atoms with Crippen molar-refractivity contribution in [3.63, 3.8) is 0 Å². The zero-order chi connectivity index (χ0) is 32.1. The van der Waals surface area contributed by atoms with Gasteiger partial charge in [0.2, 0.25) is 6.41 Å². The van der Waals surface area contributed by atoms with Gasteiger partial charge in [0.1, 0.15) is 5.82 Å². The van der Waals surface area contributed by atoms with Gasteiger partial charge in [-0.2, -0.15) is 13.2 Å². The molecule has 5 rings (SSSR count). The summed E-state index contributed by atoms with van der Waals surface area (Å²) in [5, 5.41) is 2.96. The van der Waals surface area contributed by atoms with Crippen molar-refractivity contribution in [2.75, 3.05) is 16.8 Å². The van der Waals surface area contributed by atoms with E-state index in [9.17, 15) is 22.8 Å². The van der Waals surface area contributed by atoms with Gasteiger partial charge >= 0.3 is 6.18 Å². The van der Waals surface area contributed by atoms with E-state index in [1.54, 1.807) is 30.5 Å². The van der Waals surface area contributed by atoms with Gasteiger partial charge in [-0.3, -0.25) is 14.5 Å². The Morgan fingerprint density at radius 3 is 2.07 bits per heavy atom. The fourth-order valence-corrected chi connectivity index (χ4v) is 5.28. The van der Waals surface area contributed by atoms with Gasteiger partial charge in [-0.15, -0.1) is 0 Å². The van der Waals surface area contributed by atoms with Gasteiger partial charge in [-0.1, -0.05) is 72.3 Å². The van der Waals surface area contributed by atoms with E-state index in [2.05, 4.69) is 17.4 Å². The van der Waals surface area contributed by atoms with Crippen LogP contribution in [-0.2, 0) is 17.5 Å². The summed E-state index contributed by atoms with van der Waals surface area (Å²) in [6, 6.07) is 27.3. The molecule has 0 radical (unpaired) electrons. The molecule has 0 spiro atoms. The Labute approximate surface area is 259 Å². The van der Waals surface area contributed by atoms with Crippen molar-refractivity contribution in [1.82, 2.24) is 4.57 Å². The Morgan fingerprint density at radius 2 is 1.47 bits per heavy atom. The lowest BCUT2D eigenvalue weighted by Crippen LogP contribution is -2.19. The lowest BCUT2D eigenvalue weighted by Gasteiger charge is -2.21. The molecule has 6 nitrogen and oxygen atoms in total. The third-order valence-electron chi connectivity index (χ3n) is 7.71. The third kappa shape index (κ3) is 6.84. The number of nitrogens with zero attached hydrogens (tertiary/aromatic N) is 2. The Balaban J connectivity index is 1.46. The van der Waals surface area contributed by atoms with Gasteiger partial charge in [0, 0.05) is 23.9 Å². The first kappa shape index (κ1) is 31.3. The minimum absolute atomic E-state index is 0.298. The lowest BCUT2D eigenvalue weighted by molar-refractivity contribution is -0.137. The Hall–Kier alpha value is -5.15. The van der Waals surface area contributed by atoms with Crippen LogP contribution in [0.2, 0.25) is 0 Å². The van der Waals surface area contributed by atoms with Gasteiger partial charge in [-0.05, 0) is 79.4 Å². The number of alkyl halides is 3. The van der Waals surface area contributed by atoms with Crippen molar-refractivity contribution < 1.29 is 22.8 Å². The van der Waals surface area contributed by atoms with Gasteiger partial charge in [0.25, 0.3) is 5.91 Å². The van der Waals surface area contributed by atoms with Crippen molar-refractivity contribution in [3.05, 3.63) is 126 Å². The SMILES string of the molecule is Cc1ccc(-c2ccc(N(C=O)c3c(C)c(NC(=O)c4ccccc4-c4ccc(C(F)(F)F)cc4)cn3CCCN)cc2)cc1. The monoisotopic (exact) mass is 610 g/mol. The summed E-state index contributed by atoms with van der Waals surface area (Å²) in [5.41, 5.74) is 11.4. The number of hydrogen-bond acceptors (Lipinski definition) is 3. The van der Waals surface area contributed by atoms with Crippen LogP contribution in [0.25, 0.3) is 22.3 Å². The summed E-state index contributed by atoms with van der Waals surface area (Å²) in [6.45, 7) is 4.80. The molecular weight excluding hydrogens is 577 g/mol. The normalized spacial score (nSPS) is 11.3. The molecule has 4 aromatic carbocycles. The van der Waals surface area contributed by atoms with Crippen molar-refractivity contribution in [3.8, 4) is 22.3 Å². The summed E-state index contributed by atoms with van der Waals surface area (Å²) in [5.74, 6) is 0.157. The Morgan fingerprint density at radius 1 is 0.867 bits per heavy atom. The predicted molar refractivity (Wildman–Crippen MR) is 172 cm³/mol. The first-order chi connectivity index (χ1) is 21.6. The molecule has 0 saturated carbocycles. The summed E-state index contributed by atoms with van der Waals surface area (Å²) >= 11 is 0. The number of nitrogens with one attached hydrogen (secondary N) is 1. The number of halogens is 3. The van der Waals surface area contributed by atoms with Crippen LogP contribution in [0.5, 0.6) is 0 Å². The molecule has 5 aromatic rings. The second-order valence-corrected chi connectivity index (χ2v) is 10.8. The van der Waals surface area contributed by atoms with Crippen LogP contribution in [0.15, 0.2) is 103 Å². The number of carbonyl (C=O) groups excluding carboxylic acids is 2. The highest BCUT2D eigenvalue weighted by molar-refractivity contribution is 6.09. The van der Waals surface area contributed by atoms with Crippen molar-refractivity contribution in [2.45, 2.75) is 33.0 Å². The van der Waals surface area contributed by atoms with Gasteiger partial charge in [0.05, 0.1) is 16.9 Å². The Bertz CT molecular complexity index is 1790. The molecule has 0 aliphatic carbocycles. The maximum atomic E-state index is 13.6. The van der Waals surface area contributed by atoms with E-state index in [1.807, 2.05) is 54.8 Å². The Kier molecular flexibility index (Phi) is 9.20. The molecule has 2 amide bonds. The molecule has 0 aliphatic rings. The standard InChI is InChI=1S/C36H33F3N4O2/c1-24-8-10-26(11-9-24)27-14-18-30(19-15-27)43(23-44)35-25(2)33(22-42(35)21-5-20-40)41-34(45)32-7-4-3-6-31(32)28-12-16-29(17-13-28)36(37,38)39/h3-4,6-19,22-23H,5,20-21,40H2,1-2H3,(H,41,45). The second-order valence-electron chi connectivity index (χ2n) is 10.8. The highest BCUT2D eigenvalue weighted by Gasteiger charge is 2.30. The van der Waals surface area contributed by atoms with Crippen LogP contribution in [-0.4, -0.2) is 23.4 Å². The zero-order valence-corrected chi connectivity index (χ0v) is 24.9. The third-order valence-corrected chi connectivity index (χ3v) is 7.71. The predicted octanol–water partition coefficient (Wildman–Crippen LogP) is 8.35. The smallest absolute Gasteiger partial charge is 0.332 e. The first-order valence-electron chi connectivity index (χ1n) is 14.5. The molecule has 0 fully saturated rings. The number of nitrogens with two attached hydrogens (primary N) is 1. The fraction of sp³-hybridized carbons (Fsp3) is 0.167. The molecule has 0 unspecified atom stereocenters. The van der Waals surface area contributed by atoms with E-state index in [4.69, 9.17) is 5.73 Å². The molecular formula is C36H33F3N4O2. The van der Waals surface area contributed by atoms with Crippen LogP contribution in [0.3, 0.4) is 0 Å². The average molecular weight is 611 g/mol. The molecule has 0 bridgehead atoms. The first-order valence-corrected chi connectivity index (χ1v) is 14.5. The summed E-state index contributed by atoms with van der Waals surface area (Å²) in [6.07, 6.45) is -1.30. The van der Waals surface area contributed by atoms with Crippen molar-refractivity contribution in [2.24, 2.45) is 5.73 Å². The molecule has 3 N–H and O–H groups in total. The number of aryl methyl sites for hydroxylation is 2. The minimum Gasteiger partial charge on any atom is -0.332 e. The topological polar surface area (TPSA) is 80.4 Å². The fourth-order valence-electron chi connectivity index (χ4n) is 5.28. The second kappa shape index (κ2) is 13.2. The van der Waals surface area contributed by atoms with Crippen LogP contribution in [0.1, 0.15) is 33.5 Å². The molecule has 1 heterocycles. The molecule has 9 heteroatoms. The summed E-state index contributed by atoms with van der Waals surface area (Å²) < 4.78 is 41.2. The molecule has 230 valence electrons. The number of carbonyl (C=O) groups is 2. The zero-order valence-electron chi connectivity index (χ0n) is 24.9. The van der Waals surface area contributed by atoms with E-state index >= 15 is 0 Å². The van der Waals surface area contributed by atoms with E-state index in [-0.39, 0.29) is 0 Å². The highest BCUT2D eigenvalue weighted by Crippen LogP contribution is 2.36. The van der Waals surface area contributed by atoms with E-state index in [0.717, 1.165) is 29.7 Å².